The monoisotopic (exact) mass is 248 g/mol. The number of rotatable bonds is 3. The number of carbonyl (C=O) groups excluding carboxylic acids is 2. The van der Waals surface area contributed by atoms with Gasteiger partial charge in [-0.05, 0) is 24.3 Å². The molecule has 2 rings (SSSR count). The van der Waals surface area contributed by atoms with E-state index < -0.39 is 5.97 Å². The number of esters is 1. The highest BCUT2D eigenvalue weighted by atomic mass is 16.6. The molecule has 0 atom stereocenters. The Morgan fingerprint density at radius 3 is 2.61 bits per heavy atom. The minimum absolute atomic E-state index is 0.294. The summed E-state index contributed by atoms with van der Waals surface area (Å²) in [5.41, 5.74) is 0.430. The van der Waals surface area contributed by atoms with Crippen molar-refractivity contribution in [2.24, 2.45) is 0 Å². The van der Waals surface area contributed by atoms with Gasteiger partial charge in [-0.2, -0.15) is 0 Å². The lowest BCUT2D eigenvalue weighted by atomic mass is 10.1. The van der Waals surface area contributed by atoms with Crippen LogP contribution < -0.4 is 9.47 Å². The molecule has 5 nitrogen and oxygen atoms in total. The van der Waals surface area contributed by atoms with Gasteiger partial charge in [-0.15, -0.1) is 0 Å². The lowest BCUT2D eigenvalue weighted by Gasteiger charge is -2.18. The smallest absolute Gasteiger partial charge is 0.330 e. The summed E-state index contributed by atoms with van der Waals surface area (Å²) in [6, 6.07) is 4.89. The third-order valence-corrected chi connectivity index (χ3v) is 2.40. The number of allylic oxidation sites excluding steroid dienone is 1. The Labute approximate surface area is 104 Å². The Morgan fingerprint density at radius 2 is 1.89 bits per heavy atom. The molecule has 0 saturated heterocycles. The van der Waals surface area contributed by atoms with Crippen LogP contribution in [0.15, 0.2) is 30.4 Å². The highest BCUT2D eigenvalue weighted by molar-refractivity contribution is 6.07. The lowest BCUT2D eigenvalue weighted by molar-refractivity contribution is -0.134. The fourth-order valence-electron chi connectivity index (χ4n) is 1.50. The molecular weight excluding hydrogens is 236 g/mol. The third kappa shape index (κ3) is 2.68. The third-order valence-electron chi connectivity index (χ3n) is 2.40. The summed E-state index contributed by atoms with van der Waals surface area (Å²) < 4.78 is 15.1. The molecule has 94 valence electrons. The minimum Gasteiger partial charge on any atom is -0.486 e. The Morgan fingerprint density at radius 1 is 1.17 bits per heavy atom. The van der Waals surface area contributed by atoms with Crippen LogP contribution >= 0.6 is 0 Å². The lowest BCUT2D eigenvalue weighted by Crippen LogP contribution is -2.15. The maximum atomic E-state index is 11.8. The first-order chi connectivity index (χ1) is 8.70. The van der Waals surface area contributed by atoms with Crippen LogP contribution in [0, 0.1) is 0 Å². The zero-order valence-electron chi connectivity index (χ0n) is 9.84. The van der Waals surface area contributed by atoms with E-state index in [2.05, 4.69) is 4.74 Å². The van der Waals surface area contributed by atoms with Gasteiger partial charge in [-0.25, -0.2) is 4.79 Å². The molecule has 0 bridgehead atoms. The van der Waals surface area contributed by atoms with Crippen molar-refractivity contribution in [2.75, 3.05) is 20.3 Å². The molecule has 1 heterocycles. The van der Waals surface area contributed by atoms with Gasteiger partial charge in [0.2, 0.25) is 0 Å². The van der Waals surface area contributed by atoms with Crippen LogP contribution in [0.1, 0.15) is 10.4 Å². The van der Waals surface area contributed by atoms with E-state index in [0.717, 1.165) is 12.2 Å². The van der Waals surface area contributed by atoms with Crippen LogP contribution in [-0.4, -0.2) is 32.1 Å². The summed E-state index contributed by atoms with van der Waals surface area (Å²) in [6.45, 7) is 0.963. The minimum atomic E-state index is -0.569. The SMILES string of the molecule is COC(=O)/C=C/C(=O)c1ccc2c(c1)OCCO2. The normalized spacial score (nSPS) is 13.4. The predicted molar refractivity (Wildman–Crippen MR) is 62.9 cm³/mol. The van der Waals surface area contributed by atoms with Crippen molar-refractivity contribution in [1.29, 1.82) is 0 Å². The van der Waals surface area contributed by atoms with E-state index in [4.69, 9.17) is 9.47 Å². The molecule has 1 aliphatic heterocycles. The van der Waals surface area contributed by atoms with Crippen molar-refractivity contribution in [1.82, 2.24) is 0 Å². The standard InChI is InChI=1S/C13H12O5/c1-16-13(15)5-3-10(14)9-2-4-11-12(8-9)18-7-6-17-11/h2-5,8H,6-7H2,1H3/b5-3+. The molecule has 1 aliphatic rings. The summed E-state index contributed by atoms with van der Waals surface area (Å²) in [5, 5.41) is 0. The molecule has 0 spiro atoms. The van der Waals surface area contributed by atoms with Crippen molar-refractivity contribution in [2.45, 2.75) is 0 Å². The molecule has 0 radical (unpaired) electrons. The molecule has 5 heteroatoms. The Kier molecular flexibility index (Phi) is 3.62. The van der Waals surface area contributed by atoms with E-state index in [1.54, 1.807) is 18.2 Å². The van der Waals surface area contributed by atoms with Gasteiger partial charge < -0.3 is 14.2 Å². The number of benzene rings is 1. The molecule has 0 aliphatic carbocycles. The number of ether oxygens (including phenoxy) is 3. The van der Waals surface area contributed by atoms with E-state index in [9.17, 15) is 9.59 Å². The van der Waals surface area contributed by atoms with Gasteiger partial charge >= 0.3 is 5.97 Å². The number of ketones is 1. The van der Waals surface area contributed by atoms with Crippen molar-refractivity contribution in [3.05, 3.63) is 35.9 Å². The number of methoxy groups -OCH3 is 1. The van der Waals surface area contributed by atoms with Gasteiger partial charge in [-0.3, -0.25) is 4.79 Å². The van der Waals surface area contributed by atoms with Crippen LogP contribution in [0.25, 0.3) is 0 Å². The number of hydrogen-bond acceptors (Lipinski definition) is 5. The van der Waals surface area contributed by atoms with E-state index in [1.807, 2.05) is 0 Å². The van der Waals surface area contributed by atoms with Crippen molar-refractivity contribution >= 4 is 11.8 Å². The van der Waals surface area contributed by atoms with Crippen molar-refractivity contribution in [3.63, 3.8) is 0 Å². The van der Waals surface area contributed by atoms with E-state index in [1.165, 1.54) is 7.11 Å². The van der Waals surface area contributed by atoms with Gasteiger partial charge in [0.1, 0.15) is 13.2 Å². The first-order valence-electron chi connectivity index (χ1n) is 5.40. The first kappa shape index (κ1) is 12.2. The van der Waals surface area contributed by atoms with Crippen molar-refractivity contribution in [3.8, 4) is 11.5 Å². The molecular formula is C13H12O5. The first-order valence-corrected chi connectivity index (χ1v) is 5.40. The summed E-state index contributed by atoms with van der Waals surface area (Å²) in [7, 11) is 1.25. The van der Waals surface area contributed by atoms with Crippen LogP contribution in [0.3, 0.4) is 0 Å². The van der Waals surface area contributed by atoms with Gasteiger partial charge in [0, 0.05) is 11.6 Å². The van der Waals surface area contributed by atoms with E-state index in [0.29, 0.717) is 30.3 Å². The quantitative estimate of drug-likeness (QED) is 0.459. The van der Waals surface area contributed by atoms with Gasteiger partial charge in [0.15, 0.2) is 17.3 Å². The zero-order chi connectivity index (χ0) is 13.0. The summed E-state index contributed by atoms with van der Waals surface area (Å²) in [4.78, 5) is 22.6. The second kappa shape index (κ2) is 5.35. The van der Waals surface area contributed by atoms with Crippen molar-refractivity contribution < 1.29 is 23.8 Å². The predicted octanol–water partition coefficient (Wildman–Crippen LogP) is 1.37. The number of carbonyl (C=O) groups is 2. The fourth-order valence-corrected chi connectivity index (χ4v) is 1.50. The van der Waals surface area contributed by atoms with Crippen LogP contribution in [0.2, 0.25) is 0 Å². The molecule has 1 aromatic carbocycles. The average molecular weight is 248 g/mol. The van der Waals surface area contributed by atoms with Gasteiger partial charge in [0.25, 0.3) is 0 Å². The molecule has 0 amide bonds. The fraction of sp³-hybridized carbons (Fsp3) is 0.231. The van der Waals surface area contributed by atoms with Crippen LogP contribution in [-0.2, 0) is 9.53 Å². The largest absolute Gasteiger partial charge is 0.486 e. The molecule has 0 aromatic heterocycles. The summed E-state index contributed by atoms with van der Waals surface area (Å²) in [6.07, 6.45) is 2.25. The maximum Gasteiger partial charge on any atom is 0.330 e. The van der Waals surface area contributed by atoms with E-state index in [-0.39, 0.29) is 5.78 Å². The Balaban J connectivity index is 2.16. The molecule has 18 heavy (non-hydrogen) atoms. The van der Waals surface area contributed by atoms with Gasteiger partial charge in [-0.1, -0.05) is 0 Å². The number of hydrogen-bond donors (Lipinski definition) is 0. The maximum absolute atomic E-state index is 11.8. The Bertz CT molecular complexity index is 504. The zero-order valence-corrected chi connectivity index (χ0v) is 9.84. The molecule has 1 aromatic rings. The second-order valence-corrected chi connectivity index (χ2v) is 3.58. The molecule has 0 unspecified atom stereocenters. The highest BCUT2D eigenvalue weighted by Gasteiger charge is 2.13. The molecule has 0 saturated carbocycles. The average Bonchev–Trinajstić information content (AvgIpc) is 2.43. The summed E-state index contributed by atoms with van der Waals surface area (Å²) in [5.74, 6) is 0.298. The number of fused-ring (bicyclic) bond motifs is 1. The van der Waals surface area contributed by atoms with Crippen LogP contribution in [0.5, 0.6) is 11.5 Å². The topological polar surface area (TPSA) is 61.8 Å². The summed E-state index contributed by atoms with van der Waals surface area (Å²) >= 11 is 0. The highest BCUT2D eigenvalue weighted by Crippen LogP contribution is 2.30. The van der Waals surface area contributed by atoms with Crippen LogP contribution in [0.4, 0.5) is 0 Å². The van der Waals surface area contributed by atoms with E-state index >= 15 is 0 Å². The Hall–Kier alpha value is -2.30. The second-order valence-electron chi connectivity index (χ2n) is 3.58. The van der Waals surface area contributed by atoms with Gasteiger partial charge in [0.05, 0.1) is 7.11 Å². The molecule has 0 fully saturated rings. The molecule has 0 N–H and O–H groups in total.